The van der Waals surface area contributed by atoms with Crippen LogP contribution < -0.4 is 0 Å². The van der Waals surface area contributed by atoms with Crippen LogP contribution in [-0.4, -0.2) is 31.1 Å². The molecule has 1 unspecified atom stereocenters. The molecule has 0 aromatic heterocycles. The van der Waals surface area contributed by atoms with Crippen LogP contribution in [0.2, 0.25) is 0 Å². The standard InChI is InChI=1S/C12H21F3O5S/c1-2-3-4-5-6-7-8-9-10(11(16)17)20-21(18,19)12(13,14)15/h10H,2-9H2,1H3,(H,16,17). The lowest BCUT2D eigenvalue weighted by Gasteiger charge is -2.14. The van der Waals surface area contributed by atoms with Gasteiger partial charge in [0, 0.05) is 0 Å². The van der Waals surface area contributed by atoms with Crippen LogP contribution in [0.3, 0.4) is 0 Å². The fourth-order valence-corrected chi connectivity index (χ4v) is 2.30. The van der Waals surface area contributed by atoms with Crippen molar-refractivity contribution in [3.63, 3.8) is 0 Å². The van der Waals surface area contributed by atoms with Gasteiger partial charge in [0.1, 0.15) is 0 Å². The summed E-state index contributed by atoms with van der Waals surface area (Å²) < 4.78 is 61.6. The minimum absolute atomic E-state index is 0.265. The van der Waals surface area contributed by atoms with E-state index in [0.29, 0.717) is 12.8 Å². The average molecular weight is 334 g/mol. The summed E-state index contributed by atoms with van der Waals surface area (Å²) in [5.74, 6) is -1.71. The first-order valence-corrected chi connectivity index (χ1v) is 8.25. The molecule has 1 N–H and O–H groups in total. The van der Waals surface area contributed by atoms with Crippen LogP contribution in [0.25, 0.3) is 0 Å². The number of carbonyl (C=O) groups is 1. The molecule has 0 heterocycles. The van der Waals surface area contributed by atoms with Crippen molar-refractivity contribution in [2.24, 2.45) is 0 Å². The molecule has 1 atom stereocenters. The quantitative estimate of drug-likeness (QED) is 0.356. The zero-order valence-corrected chi connectivity index (χ0v) is 12.7. The average Bonchev–Trinajstić information content (AvgIpc) is 2.34. The van der Waals surface area contributed by atoms with Gasteiger partial charge in [-0.25, -0.2) is 8.98 Å². The molecule has 9 heteroatoms. The van der Waals surface area contributed by atoms with E-state index in [1.54, 1.807) is 0 Å². The highest BCUT2D eigenvalue weighted by Gasteiger charge is 2.49. The van der Waals surface area contributed by atoms with Crippen molar-refractivity contribution in [2.75, 3.05) is 0 Å². The predicted molar refractivity (Wildman–Crippen MR) is 70.1 cm³/mol. The van der Waals surface area contributed by atoms with E-state index in [4.69, 9.17) is 5.11 Å². The summed E-state index contributed by atoms with van der Waals surface area (Å²) in [5.41, 5.74) is -5.61. The highest BCUT2D eigenvalue weighted by molar-refractivity contribution is 7.87. The number of carboxylic acids is 1. The molecule has 5 nitrogen and oxygen atoms in total. The monoisotopic (exact) mass is 334 g/mol. The Kier molecular flexibility index (Phi) is 8.88. The minimum Gasteiger partial charge on any atom is -0.479 e. The zero-order valence-electron chi connectivity index (χ0n) is 11.9. The molecule has 0 radical (unpaired) electrons. The summed E-state index contributed by atoms with van der Waals surface area (Å²) >= 11 is 0. The Morgan fingerprint density at radius 2 is 1.57 bits per heavy atom. The maximum atomic E-state index is 12.1. The van der Waals surface area contributed by atoms with Gasteiger partial charge in [-0.1, -0.05) is 51.9 Å². The number of aliphatic carboxylic acids is 1. The van der Waals surface area contributed by atoms with E-state index in [-0.39, 0.29) is 6.42 Å². The second-order valence-electron chi connectivity index (χ2n) is 4.73. The lowest BCUT2D eigenvalue weighted by molar-refractivity contribution is -0.146. The Bertz CT molecular complexity index is 406. The molecule has 21 heavy (non-hydrogen) atoms. The molecular formula is C12H21F3O5S. The van der Waals surface area contributed by atoms with Gasteiger partial charge in [0.05, 0.1) is 0 Å². The first kappa shape index (κ1) is 20.2. The molecule has 126 valence electrons. The van der Waals surface area contributed by atoms with Gasteiger partial charge >= 0.3 is 21.6 Å². The maximum absolute atomic E-state index is 12.1. The SMILES string of the molecule is CCCCCCCCCC(OS(=O)(=O)C(F)(F)F)C(=O)O. The van der Waals surface area contributed by atoms with E-state index >= 15 is 0 Å². The summed E-state index contributed by atoms with van der Waals surface area (Å²) in [5, 5.41) is 8.72. The van der Waals surface area contributed by atoms with Crippen LogP contribution in [0.4, 0.5) is 13.2 Å². The number of halogens is 3. The highest BCUT2D eigenvalue weighted by atomic mass is 32.2. The minimum atomic E-state index is -5.88. The van der Waals surface area contributed by atoms with Crippen molar-refractivity contribution in [2.45, 2.75) is 69.9 Å². The molecule has 0 aliphatic carbocycles. The van der Waals surface area contributed by atoms with Crippen LogP contribution in [0.1, 0.15) is 58.3 Å². The van der Waals surface area contributed by atoms with Crippen LogP contribution in [0.5, 0.6) is 0 Å². The third kappa shape index (κ3) is 8.25. The molecular weight excluding hydrogens is 313 g/mol. The second kappa shape index (κ2) is 9.24. The van der Waals surface area contributed by atoms with E-state index < -0.39 is 27.7 Å². The molecule has 0 saturated heterocycles. The van der Waals surface area contributed by atoms with Gasteiger partial charge in [-0.15, -0.1) is 0 Å². The molecule has 0 fully saturated rings. The number of carboxylic acid groups (broad SMARTS) is 1. The normalized spacial score (nSPS) is 14.1. The van der Waals surface area contributed by atoms with E-state index in [0.717, 1.165) is 32.1 Å². The van der Waals surface area contributed by atoms with Gasteiger partial charge in [0.15, 0.2) is 6.10 Å². The van der Waals surface area contributed by atoms with Crippen molar-refractivity contribution in [3.05, 3.63) is 0 Å². The van der Waals surface area contributed by atoms with E-state index in [2.05, 4.69) is 11.1 Å². The van der Waals surface area contributed by atoms with Crippen molar-refractivity contribution in [1.82, 2.24) is 0 Å². The lowest BCUT2D eigenvalue weighted by Crippen LogP contribution is -2.34. The third-order valence-electron chi connectivity index (χ3n) is 2.87. The molecule has 0 spiro atoms. The molecule has 0 aliphatic rings. The fraction of sp³-hybridized carbons (Fsp3) is 0.917. The van der Waals surface area contributed by atoms with Crippen molar-refractivity contribution in [1.29, 1.82) is 0 Å². The number of hydrogen-bond donors (Lipinski definition) is 1. The topological polar surface area (TPSA) is 80.7 Å². The van der Waals surface area contributed by atoms with Gasteiger partial charge in [-0.2, -0.15) is 21.6 Å². The molecule has 0 aliphatic heterocycles. The molecule has 0 rings (SSSR count). The first-order valence-electron chi connectivity index (χ1n) is 6.84. The van der Waals surface area contributed by atoms with Crippen LogP contribution in [0, 0.1) is 0 Å². The summed E-state index contributed by atoms with van der Waals surface area (Å²) in [6.07, 6.45) is 3.71. The molecule has 0 aromatic carbocycles. The van der Waals surface area contributed by atoms with Gasteiger partial charge in [0.2, 0.25) is 0 Å². The second-order valence-corrected chi connectivity index (χ2v) is 6.30. The van der Waals surface area contributed by atoms with Gasteiger partial charge in [-0.05, 0) is 6.42 Å². The van der Waals surface area contributed by atoms with Gasteiger partial charge in [-0.3, -0.25) is 0 Å². The van der Waals surface area contributed by atoms with Crippen molar-refractivity contribution in [3.8, 4) is 0 Å². The summed E-state index contributed by atoms with van der Waals surface area (Å²) in [6, 6.07) is 0. The van der Waals surface area contributed by atoms with Crippen LogP contribution >= 0.6 is 0 Å². The number of alkyl halides is 3. The van der Waals surface area contributed by atoms with E-state index in [1.165, 1.54) is 0 Å². The Morgan fingerprint density at radius 1 is 1.10 bits per heavy atom. The highest BCUT2D eigenvalue weighted by Crippen LogP contribution is 2.26. The van der Waals surface area contributed by atoms with Gasteiger partial charge in [0.25, 0.3) is 0 Å². The first-order chi connectivity index (χ1) is 9.62. The number of rotatable bonds is 11. The smallest absolute Gasteiger partial charge is 0.479 e. The molecule has 0 amide bonds. The maximum Gasteiger partial charge on any atom is 0.523 e. The largest absolute Gasteiger partial charge is 0.523 e. The fourth-order valence-electron chi connectivity index (χ4n) is 1.71. The Morgan fingerprint density at radius 3 is 2.00 bits per heavy atom. The summed E-state index contributed by atoms with van der Waals surface area (Å²) in [4.78, 5) is 10.8. The molecule has 0 bridgehead atoms. The van der Waals surface area contributed by atoms with E-state index in [9.17, 15) is 26.4 Å². The van der Waals surface area contributed by atoms with Crippen LogP contribution in [-0.2, 0) is 19.1 Å². The zero-order chi connectivity index (χ0) is 16.5. The molecule has 0 aromatic rings. The Labute approximate surface area is 122 Å². The Hall–Kier alpha value is -0.830. The van der Waals surface area contributed by atoms with Crippen LogP contribution in [0.15, 0.2) is 0 Å². The van der Waals surface area contributed by atoms with E-state index in [1.807, 2.05) is 0 Å². The van der Waals surface area contributed by atoms with Gasteiger partial charge < -0.3 is 5.11 Å². The van der Waals surface area contributed by atoms with Crippen molar-refractivity contribution < 1.29 is 35.7 Å². The number of unbranched alkanes of at least 4 members (excludes halogenated alkanes) is 6. The summed E-state index contributed by atoms with van der Waals surface area (Å²) in [6.45, 7) is 2.07. The molecule has 0 saturated carbocycles. The predicted octanol–water partition coefficient (Wildman–Crippen LogP) is 3.45. The van der Waals surface area contributed by atoms with Crippen molar-refractivity contribution >= 4 is 16.1 Å². The third-order valence-corrected chi connectivity index (χ3v) is 3.92. The lowest BCUT2D eigenvalue weighted by atomic mass is 10.1. The summed E-state index contributed by atoms with van der Waals surface area (Å²) in [7, 11) is -5.88. The Balaban J connectivity index is 4.20. The number of hydrogen-bond acceptors (Lipinski definition) is 4.